The smallest absolute Gasteiger partial charge is 0.326 e. The summed E-state index contributed by atoms with van der Waals surface area (Å²) in [6.45, 7) is 2.72. The summed E-state index contributed by atoms with van der Waals surface area (Å²) in [6, 6.07) is -0.594. The zero-order chi connectivity index (χ0) is 12.7. The highest BCUT2D eigenvalue weighted by Crippen LogP contribution is 2.18. The van der Waals surface area contributed by atoms with E-state index in [1.54, 1.807) is 16.7 Å². The molecule has 0 aromatic heterocycles. The normalized spacial score (nSPS) is 20.3. The second-order valence-electron chi connectivity index (χ2n) is 4.34. The van der Waals surface area contributed by atoms with Crippen molar-refractivity contribution in [2.24, 2.45) is 0 Å². The molecule has 1 aliphatic heterocycles. The molecule has 1 aliphatic rings. The third kappa shape index (κ3) is 4.58. The largest absolute Gasteiger partial charge is 0.480 e. The van der Waals surface area contributed by atoms with Crippen molar-refractivity contribution in [1.82, 2.24) is 4.90 Å². The molecule has 1 fully saturated rings. The van der Waals surface area contributed by atoms with Gasteiger partial charge in [-0.3, -0.25) is 4.79 Å². The predicted octanol–water partition coefficient (Wildman–Crippen LogP) is 1.99. The monoisotopic (exact) mass is 259 g/mol. The first-order valence-electron chi connectivity index (χ1n) is 6.26. The highest BCUT2D eigenvalue weighted by Gasteiger charge is 2.31. The highest BCUT2D eigenvalue weighted by molar-refractivity contribution is 7.99. The summed E-state index contributed by atoms with van der Waals surface area (Å²) in [5.74, 6) is 0.521. The Morgan fingerprint density at radius 2 is 2.18 bits per heavy atom. The molecule has 1 atom stereocenters. The first-order chi connectivity index (χ1) is 8.16. The van der Waals surface area contributed by atoms with E-state index in [0.717, 1.165) is 31.4 Å². The second-order valence-corrected chi connectivity index (χ2v) is 5.45. The number of rotatable bonds is 6. The van der Waals surface area contributed by atoms with Crippen LogP contribution in [-0.2, 0) is 9.59 Å². The lowest BCUT2D eigenvalue weighted by molar-refractivity contribution is -0.150. The summed E-state index contributed by atoms with van der Waals surface area (Å²) in [5, 5.41) is 9.07. The fourth-order valence-corrected chi connectivity index (χ4v) is 2.95. The Bertz CT molecular complexity index is 270. The third-order valence-electron chi connectivity index (χ3n) is 2.98. The third-order valence-corrected chi connectivity index (χ3v) is 4.00. The van der Waals surface area contributed by atoms with Crippen molar-refractivity contribution < 1.29 is 14.7 Å². The molecule has 1 rings (SSSR count). The lowest BCUT2D eigenvalue weighted by atomic mass is 10.0. The predicted molar refractivity (Wildman–Crippen MR) is 69.2 cm³/mol. The maximum absolute atomic E-state index is 11.9. The van der Waals surface area contributed by atoms with E-state index in [-0.39, 0.29) is 5.91 Å². The number of carboxylic acids is 1. The number of hydrogen-bond donors (Lipinski definition) is 1. The standard InChI is InChI=1S/C12H21NO3S/c1-2-3-8-17-9-11(14)13-7-5-4-6-10(13)12(15)16/h10H,2-9H2,1H3,(H,15,16)/t10-/m0/s1. The number of unbranched alkanes of at least 4 members (excludes halogenated alkanes) is 1. The zero-order valence-corrected chi connectivity index (χ0v) is 11.2. The van der Waals surface area contributed by atoms with Gasteiger partial charge in [0.2, 0.25) is 5.91 Å². The van der Waals surface area contributed by atoms with Crippen LogP contribution in [0.1, 0.15) is 39.0 Å². The molecule has 98 valence electrons. The molecule has 5 heteroatoms. The lowest BCUT2D eigenvalue weighted by Gasteiger charge is -2.32. The van der Waals surface area contributed by atoms with Gasteiger partial charge in [0.05, 0.1) is 5.75 Å². The van der Waals surface area contributed by atoms with E-state index in [0.29, 0.717) is 18.7 Å². The zero-order valence-electron chi connectivity index (χ0n) is 10.4. The van der Waals surface area contributed by atoms with Crippen LogP contribution in [0.2, 0.25) is 0 Å². The molecular formula is C12H21NO3S. The summed E-state index contributed by atoms with van der Waals surface area (Å²) >= 11 is 1.61. The van der Waals surface area contributed by atoms with Crippen LogP contribution in [0.25, 0.3) is 0 Å². The SMILES string of the molecule is CCCCSCC(=O)N1CCCC[C@H]1C(=O)O. The van der Waals surface area contributed by atoms with Crippen LogP contribution in [0, 0.1) is 0 Å². The van der Waals surface area contributed by atoms with Crippen molar-refractivity contribution in [2.45, 2.75) is 45.1 Å². The number of aliphatic carboxylic acids is 1. The maximum atomic E-state index is 11.9. The van der Waals surface area contributed by atoms with Gasteiger partial charge in [0.15, 0.2) is 0 Å². The van der Waals surface area contributed by atoms with Crippen LogP contribution in [0.15, 0.2) is 0 Å². The van der Waals surface area contributed by atoms with Gasteiger partial charge in [0.25, 0.3) is 0 Å². The van der Waals surface area contributed by atoms with Gasteiger partial charge in [-0.1, -0.05) is 13.3 Å². The van der Waals surface area contributed by atoms with Crippen LogP contribution in [0.4, 0.5) is 0 Å². The molecule has 1 amide bonds. The Morgan fingerprint density at radius 1 is 1.41 bits per heavy atom. The number of thioether (sulfide) groups is 1. The number of likely N-dealkylation sites (tertiary alicyclic amines) is 1. The Labute approximate surface area is 107 Å². The van der Waals surface area contributed by atoms with Gasteiger partial charge in [-0.05, 0) is 31.4 Å². The van der Waals surface area contributed by atoms with Gasteiger partial charge in [-0.25, -0.2) is 4.79 Å². The van der Waals surface area contributed by atoms with Crippen molar-refractivity contribution in [2.75, 3.05) is 18.1 Å². The van der Waals surface area contributed by atoms with Crippen LogP contribution in [0.3, 0.4) is 0 Å². The fourth-order valence-electron chi connectivity index (χ4n) is 1.98. The van der Waals surface area contributed by atoms with Crippen molar-refractivity contribution >= 4 is 23.6 Å². The molecule has 0 radical (unpaired) electrons. The minimum Gasteiger partial charge on any atom is -0.480 e. The molecule has 0 aromatic rings. The van der Waals surface area contributed by atoms with Crippen LogP contribution in [-0.4, -0.2) is 46.0 Å². The molecule has 0 aliphatic carbocycles. The van der Waals surface area contributed by atoms with Gasteiger partial charge < -0.3 is 10.0 Å². The summed E-state index contributed by atoms with van der Waals surface area (Å²) in [7, 11) is 0. The average Bonchev–Trinajstić information content (AvgIpc) is 2.34. The quantitative estimate of drug-likeness (QED) is 0.741. The van der Waals surface area contributed by atoms with Crippen molar-refractivity contribution in [3.8, 4) is 0 Å². The Kier molecular flexibility index (Phi) is 6.40. The molecule has 0 aromatic carbocycles. The van der Waals surface area contributed by atoms with Crippen LogP contribution < -0.4 is 0 Å². The summed E-state index contributed by atoms with van der Waals surface area (Å²) < 4.78 is 0. The number of carboxylic acid groups (broad SMARTS) is 1. The number of carbonyl (C=O) groups is 2. The first-order valence-corrected chi connectivity index (χ1v) is 7.42. The number of carbonyl (C=O) groups excluding carboxylic acids is 1. The van der Waals surface area contributed by atoms with Crippen LogP contribution in [0.5, 0.6) is 0 Å². The highest BCUT2D eigenvalue weighted by atomic mass is 32.2. The van der Waals surface area contributed by atoms with E-state index in [4.69, 9.17) is 5.11 Å². The van der Waals surface area contributed by atoms with Gasteiger partial charge in [-0.15, -0.1) is 0 Å². The van der Waals surface area contributed by atoms with E-state index in [1.165, 1.54) is 0 Å². The van der Waals surface area contributed by atoms with E-state index in [1.807, 2.05) is 0 Å². The number of hydrogen-bond acceptors (Lipinski definition) is 3. The molecule has 0 bridgehead atoms. The van der Waals surface area contributed by atoms with Crippen LogP contribution >= 0.6 is 11.8 Å². The summed E-state index contributed by atoms with van der Waals surface area (Å²) in [5.41, 5.74) is 0. The minimum atomic E-state index is -0.864. The molecule has 0 unspecified atom stereocenters. The summed E-state index contributed by atoms with van der Waals surface area (Å²) in [6.07, 6.45) is 4.67. The lowest BCUT2D eigenvalue weighted by Crippen LogP contribution is -2.48. The molecule has 1 heterocycles. The van der Waals surface area contributed by atoms with Gasteiger partial charge in [0, 0.05) is 6.54 Å². The molecule has 1 saturated heterocycles. The van der Waals surface area contributed by atoms with E-state index >= 15 is 0 Å². The molecule has 0 spiro atoms. The van der Waals surface area contributed by atoms with E-state index in [2.05, 4.69) is 6.92 Å². The maximum Gasteiger partial charge on any atom is 0.326 e. The Morgan fingerprint density at radius 3 is 2.82 bits per heavy atom. The molecule has 4 nitrogen and oxygen atoms in total. The van der Waals surface area contributed by atoms with E-state index in [9.17, 15) is 9.59 Å². The first kappa shape index (κ1) is 14.4. The Balaban J connectivity index is 2.39. The topological polar surface area (TPSA) is 57.6 Å². The molecular weight excluding hydrogens is 238 g/mol. The second kappa shape index (κ2) is 7.58. The molecule has 17 heavy (non-hydrogen) atoms. The van der Waals surface area contributed by atoms with Crippen molar-refractivity contribution in [3.05, 3.63) is 0 Å². The van der Waals surface area contributed by atoms with E-state index < -0.39 is 12.0 Å². The minimum absolute atomic E-state index is 0.0156. The fraction of sp³-hybridized carbons (Fsp3) is 0.833. The van der Waals surface area contributed by atoms with Crippen molar-refractivity contribution in [3.63, 3.8) is 0 Å². The van der Waals surface area contributed by atoms with Gasteiger partial charge in [-0.2, -0.15) is 11.8 Å². The Hall–Kier alpha value is -0.710. The number of amides is 1. The molecule has 1 N–H and O–H groups in total. The molecule has 0 saturated carbocycles. The number of piperidine rings is 1. The summed E-state index contributed by atoms with van der Waals surface area (Å²) in [4.78, 5) is 24.5. The van der Waals surface area contributed by atoms with Gasteiger partial charge >= 0.3 is 5.97 Å². The average molecular weight is 259 g/mol. The number of nitrogens with zero attached hydrogens (tertiary/aromatic N) is 1. The van der Waals surface area contributed by atoms with Gasteiger partial charge in [0.1, 0.15) is 6.04 Å². The van der Waals surface area contributed by atoms with Crippen molar-refractivity contribution in [1.29, 1.82) is 0 Å².